The zero-order chi connectivity index (χ0) is 20.4. The lowest BCUT2D eigenvalue weighted by atomic mass is 10.0. The number of hydrogen-bond acceptors (Lipinski definition) is 5. The monoisotopic (exact) mass is 391 g/mol. The lowest BCUT2D eigenvalue weighted by Gasteiger charge is -2.10. The van der Waals surface area contributed by atoms with Crippen LogP contribution in [0.5, 0.6) is 0 Å². The van der Waals surface area contributed by atoms with Gasteiger partial charge < -0.3 is 25.5 Å². The number of anilines is 2. The van der Waals surface area contributed by atoms with Crippen molar-refractivity contribution in [1.82, 2.24) is 0 Å². The summed E-state index contributed by atoms with van der Waals surface area (Å²) >= 11 is 0. The third kappa shape index (κ3) is 3.87. The lowest BCUT2D eigenvalue weighted by Crippen LogP contribution is -2.15. The smallest absolute Gasteiger partial charge is 0.291 e. The van der Waals surface area contributed by atoms with Gasteiger partial charge in [-0.25, -0.2) is 0 Å². The van der Waals surface area contributed by atoms with Crippen LogP contribution in [-0.2, 0) is 18.0 Å². The SMILES string of the molecule is NC(=O)c1ccc(C(=O)Nc2cccc(NC(=O)c3cccc4c3COC4)c2)o1. The van der Waals surface area contributed by atoms with E-state index in [4.69, 9.17) is 14.9 Å². The molecular formula is C21H17N3O5. The van der Waals surface area contributed by atoms with Gasteiger partial charge in [-0.1, -0.05) is 18.2 Å². The molecule has 4 N–H and O–H groups in total. The van der Waals surface area contributed by atoms with Crippen LogP contribution in [0.1, 0.15) is 42.6 Å². The summed E-state index contributed by atoms with van der Waals surface area (Å²) in [5, 5.41) is 5.48. The van der Waals surface area contributed by atoms with Crippen LogP contribution in [-0.4, -0.2) is 17.7 Å². The Bertz CT molecular complexity index is 1120. The zero-order valence-corrected chi connectivity index (χ0v) is 15.2. The van der Waals surface area contributed by atoms with Crippen LogP contribution in [0, 0.1) is 0 Å². The first-order valence-corrected chi connectivity index (χ1v) is 8.82. The molecule has 0 spiro atoms. The summed E-state index contributed by atoms with van der Waals surface area (Å²) in [4.78, 5) is 36.0. The van der Waals surface area contributed by atoms with Gasteiger partial charge in [0.1, 0.15) is 0 Å². The highest BCUT2D eigenvalue weighted by molar-refractivity contribution is 6.06. The second kappa shape index (κ2) is 7.61. The number of hydrogen-bond donors (Lipinski definition) is 3. The van der Waals surface area contributed by atoms with E-state index < -0.39 is 11.8 Å². The molecular weight excluding hydrogens is 374 g/mol. The molecule has 29 heavy (non-hydrogen) atoms. The normalized spacial score (nSPS) is 12.3. The van der Waals surface area contributed by atoms with Gasteiger partial charge in [-0.2, -0.15) is 0 Å². The van der Waals surface area contributed by atoms with Crippen molar-refractivity contribution in [3.8, 4) is 0 Å². The van der Waals surface area contributed by atoms with Crippen LogP contribution in [0.4, 0.5) is 11.4 Å². The number of furan rings is 1. The van der Waals surface area contributed by atoms with Crippen molar-refractivity contribution in [1.29, 1.82) is 0 Å². The predicted octanol–water partition coefficient (Wildman–Crippen LogP) is 2.91. The van der Waals surface area contributed by atoms with Crippen molar-refractivity contribution >= 4 is 29.1 Å². The molecule has 0 saturated carbocycles. The summed E-state index contributed by atoms with van der Waals surface area (Å²) in [7, 11) is 0. The molecule has 2 aromatic carbocycles. The van der Waals surface area contributed by atoms with Gasteiger partial charge in [0, 0.05) is 16.9 Å². The van der Waals surface area contributed by atoms with Gasteiger partial charge in [-0.3, -0.25) is 14.4 Å². The molecule has 1 aromatic heterocycles. The van der Waals surface area contributed by atoms with E-state index in [9.17, 15) is 14.4 Å². The van der Waals surface area contributed by atoms with Crippen molar-refractivity contribution in [2.24, 2.45) is 5.73 Å². The van der Waals surface area contributed by atoms with Gasteiger partial charge in [0.05, 0.1) is 13.2 Å². The van der Waals surface area contributed by atoms with E-state index in [-0.39, 0.29) is 17.4 Å². The highest BCUT2D eigenvalue weighted by Gasteiger charge is 2.19. The molecule has 0 fully saturated rings. The Morgan fingerprint density at radius 1 is 0.828 bits per heavy atom. The number of fused-ring (bicyclic) bond motifs is 1. The fourth-order valence-electron chi connectivity index (χ4n) is 3.07. The van der Waals surface area contributed by atoms with Gasteiger partial charge in [0.25, 0.3) is 17.7 Å². The maximum absolute atomic E-state index is 12.7. The maximum atomic E-state index is 12.7. The third-order valence-corrected chi connectivity index (χ3v) is 4.47. The summed E-state index contributed by atoms with van der Waals surface area (Å²) in [6.45, 7) is 0.910. The van der Waals surface area contributed by atoms with E-state index in [1.807, 2.05) is 12.1 Å². The highest BCUT2D eigenvalue weighted by atomic mass is 16.5. The fraction of sp³-hybridized carbons (Fsp3) is 0.0952. The molecule has 0 radical (unpaired) electrons. The average Bonchev–Trinajstić information content (AvgIpc) is 3.37. The molecule has 2 heterocycles. The van der Waals surface area contributed by atoms with Crippen LogP contribution in [0.2, 0.25) is 0 Å². The highest BCUT2D eigenvalue weighted by Crippen LogP contribution is 2.25. The van der Waals surface area contributed by atoms with Gasteiger partial charge in [0.2, 0.25) is 0 Å². The number of primary amides is 1. The fourth-order valence-corrected chi connectivity index (χ4v) is 3.07. The molecule has 0 saturated heterocycles. The van der Waals surface area contributed by atoms with Crippen molar-refractivity contribution in [3.63, 3.8) is 0 Å². The molecule has 3 amide bonds. The van der Waals surface area contributed by atoms with Gasteiger partial charge >= 0.3 is 0 Å². The van der Waals surface area contributed by atoms with Crippen LogP contribution in [0.3, 0.4) is 0 Å². The quantitative estimate of drug-likeness (QED) is 0.617. The Balaban J connectivity index is 1.47. The Morgan fingerprint density at radius 2 is 1.52 bits per heavy atom. The minimum absolute atomic E-state index is 0.0481. The van der Waals surface area contributed by atoms with Crippen LogP contribution in [0.25, 0.3) is 0 Å². The molecule has 8 heteroatoms. The summed E-state index contributed by atoms with van der Waals surface area (Å²) in [6.07, 6.45) is 0. The Morgan fingerprint density at radius 3 is 2.24 bits per heavy atom. The van der Waals surface area contributed by atoms with Crippen molar-refractivity contribution in [3.05, 3.63) is 82.8 Å². The number of rotatable bonds is 5. The number of nitrogens with one attached hydrogen (secondary N) is 2. The second-order valence-corrected chi connectivity index (χ2v) is 6.45. The van der Waals surface area contributed by atoms with E-state index in [1.165, 1.54) is 12.1 Å². The molecule has 146 valence electrons. The number of carbonyl (C=O) groups is 3. The Kier molecular flexibility index (Phi) is 4.84. The molecule has 1 aliphatic heterocycles. The predicted molar refractivity (Wildman–Crippen MR) is 105 cm³/mol. The molecule has 0 unspecified atom stereocenters. The van der Waals surface area contributed by atoms with E-state index >= 15 is 0 Å². The first-order valence-electron chi connectivity index (χ1n) is 8.82. The summed E-state index contributed by atoms with van der Waals surface area (Å²) in [5.74, 6) is -1.71. The number of ether oxygens (including phenoxy) is 1. The minimum atomic E-state index is -0.758. The number of carbonyl (C=O) groups excluding carboxylic acids is 3. The second-order valence-electron chi connectivity index (χ2n) is 6.45. The average molecular weight is 391 g/mol. The van der Waals surface area contributed by atoms with Crippen LogP contribution >= 0.6 is 0 Å². The molecule has 0 aliphatic carbocycles. The summed E-state index contributed by atoms with van der Waals surface area (Å²) in [6, 6.07) is 14.9. The van der Waals surface area contributed by atoms with Crippen LogP contribution in [0.15, 0.2) is 59.0 Å². The van der Waals surface area contributed by atoms with E-state index in [0.29, 0.717) is 30.2 Å². The van der Waals surface area contributed by atoms with Crippen molar-refractivity contribution < 1.29 is 23.5 Å². The lowest BCUT2D eigenvalue weighted by molar-refractivity contribution is 0.0958. The molecule has 8 nitrogen and oxygen atoms in total. The summed E-state index contributed by atoms with van der Waals surface area (Å²) < 4.78 is 10.5. The maximum Gasteiger partial charge on any atom is 0.291 e. The summed E-state index contributed by atoms with van der Waals surface area (Å²) in [5.41, 5.74) is 8.53. The van der Waals surface area contributed by atoms with Gasteiger partial charge in [0.15, 0.2) is 11.5 Å². The minimum Gasteiger partial charge on any atom is -0.446 e. The van der Waals surface area contributed by atoms with Crippen molar-refractivity contribution in [2.45, 2.75) is 13.2 Å². The topological polar surface area (TPSA) is 124 Å². The first kappa shape index (κ1) is 18.5. The van der Waals surface area contributed by atoms with Gasteiger partial charge in [-0.05, 0) is 47.5 Å². The third-order valence-electron chi connectivity index (χ3n) is 4.47. The standard InChI is InChI=1S/C21H17N3O5/c22-19(25)17-7-8-18(29-17)21(27)24-14-5-2-4-13(9-14)23-20(26)15-6-1-3-12-10-28-11-16(12)15/h1-9H,10-11H2,(H2,22,25)(H,23,26)(H,24,27). The molecule has 3 aromatic rings. The Hall–Kier alpha value is -3.91. The molecule has 0 bridgehead atoms. The first-order chi connectivity index (χ1) is 14.0. The molecule has 1 aliphatic rings. The molecule has 0 atom stereocenters. The van der Waals surface area contributed by atoms with Crippen LogP contribution < -0.4 is 16.4 Å². The van der Waals surface area contributed by atoms with E-state index in [2.05, 4.69) is 10.6 Å². The largest absolute Gasteiger partial charge is 0.446 e. The van der Waals surface area contributed by atoms with Gasteiger partial charge in [-0.15, -0.1) is 0 Å². The molecule has 4 rings (SSSR count). The number of benzene rings is 2. The van der Waals surface area contributed by atoms with Crippen molar-refractivity contribution in [2.75, 3.05) is 10.6 Å². The number of nitrogens with two attached hydrogens (primary N) is 1. The Labute approximate surface area is 165 Å². The van der Waals surface area contributed by atoms with E-state index in [1.54, 1.807) is 30.3 Å². The van der Waals surface area contributed by atoms with E-state index in [0.717, 1.165) is 11.1 Å². The zero-order valence-electron chi connectivity index (χ0n) is 15.2. The number of amides is 3.